The minimum absolute atomic E-state index is 0.539. The number of benzene rings is 15. The van der Waals surface area contributed by atoms with E-state index in [0.717, 1.165) is 101 Å². The number of aromatic nitrogens is 5. The maximum Gasteiger partial charge on any atom is 0.161 e. The number of nitrogens with zero attached hydrogens (tertiary/aromatic N) is 5. The molecule has 20 aromatic rings. The monoisotopic (exact) mass is 1380 g/mol. The highest BCUT2D eigenvalue weighted by Gasteiger charge is 2.51. The van der Waals surface area contributed by atoms with E-state index in [2.05, 4.69) is 362 Å². The van der Waals surface area contributed by atoms with Crippen LogP contribution < -0.4 is 0 Å². The van der Waals surface area contributed by atoms with E-state index in [1.165, 1.54) is 101 Å². The van der Waals surface area contributed by atoms with Crippen molar-refractivity contribution in [2.45, 2.75) is 5.41 Å². The van der Waals surface area contributed by atoms with Crippen molar-refractivity contribution in [3.05, 3.63) is 380 Å². The average molecular weight is 1380 g/mol. The highest BCUT2D eigenvalue weighted by molar-refractivity contribution is 7.26. The van der Waals surface area contributed by atoms with Crippen LogP contribution in [0.2, 0.25) is 0 Å². The molecule has 1 aliphatic carbocycles. The first-order valence-corrected chi connectivity index (χ1v) is 37.7. The summed E-state index contributed by atoms with van der Waals surface area (Å²) in [5.74, 6) is 1.37. The zero-order valence-electron chi connectivity index (χ0n) is 57.1. The van der Waals surface area contributed by atoms with Crippen molar-refractivity contribution in [3.63, 3.8) is 0 Å². The van der Waals surface area contributed by atoms with Crippen LogP contribution in [-0.2, 0) is 5.41 Å². The summed E-state index contributed by atoms with van der Waals surface area (Å²) in [6.45, 7) is 0. The first-order chi connectivity index (χ1) is 52.5. The maximum absolute atomic E-state index is 5.60. The molecule has 0 unspecified atom stereocenters. The fourth-order valence-corrected chi connectivity index (χ4v) is 19.6. The molecule has 106 heavy (non-hydrogen) atoms. The number of fused-ring (bicyclic) bond motifs is 18. The Hall–Kier alpha value is -13.3. The average Bonchev–Trinajstić information content (AvgIpc) is 1.48. The van der Waals surface area contributed by atoms with Gasteiger partial charge >= 0.3 is 0 Å². The van der Waals surface area contributed by atoms with Gasteiger partial charge in [0.15, 0.2) is 11.6 Å². The minimum Gasteiger partial charge on any atom is -0.309 e. The van der Waals surface area contributed by atoms with Crippen LogP contribution in [0.15, 0.2) is 358 Å². The predicted molar refractivity (Wildman–Crippen MR) is 443 cm³/mol. The van der Waals surface area contributed by atoms with Crippen LogP contribution in [0.25, 0.3) is 191 Å². The minimum atomic E-state index is -0.539. The van der Waals surface area contributed by atoms with E-state index in [-0.39, 0.29) is 0 Å². The molecule has 7 heteroatoms. The summed E-state index contributed by atoms with van der Waals surface area (Å²) < 4.78 is 7.34. The second kappa shape index (κ2) is 23.9. The van der Waals surface area contributed by atoms with Gasteiger partial charge in [-0.2, -0.15) is 0 Å². The second-order valence-corrected chi connectivity index (χ2v) is 30.0. The van der Waals surface area contributed by atoms with E-state index in [1.54, 1.807) is 11.3 Å². The summed E-state index contributed by atoms with van der Waals surface area (Å²) in [6.07, 6.45) is 0. The SMILES string of the molecule is c1ccc(-c2cc(-c3ccccc3)cc(-c3cc(-c4cccc5c4sc4ccc(-c6ccc(-c7cc(-c8ccccc8)nc(-c8ccc(-c9cc%10c%11c(c9)c9ccccc9n%11-c9ccccc9C%109c%10ccccc%10-c%10ccccc%109)cc8)n7)cc6)cc45)nc(-c4cccc5c4sc4ccccc45)n3)c2)cc1. The van der Waals surface area contributed by atoms with Gasteiger partial charge in [0, 0.05) is 84.5 Å². The van der Waals surface area contributed by atoms with Crippen molar-refractivity contribution in [2.24, 2.45) is 0 Å². The molecule has 5 aromatic heterocycles. The van der Waals surface area contributed by atoms with E-state index in [9.17, 15) is 0 Å². The van der Waals surface area contributed by atoms with Gasteiger partial charge < -0.3 is 4.57 Å². The quantitative estimate of drug-likeness (QED) is 0.137. The van der Waals surface area contributed by atoms with E-state index >= 15 is 0 Å². The molecule has 1 aliphatic heterocycles. The molecular formula is C99H59N5S2. The molecule has 0 N–H and O–H groups in total. The molecule has 15 aromatic carbocycles. The molecule has 2 aliphatic rings. The van der Waals surface area contributed by atoms with Gasteiger partial charge in [0.05, 0.1) is 44.9 Å². The molecule has 0 fully saturated rings. The van der Waals surface area contributed by atoms with Crippen molar-refractivity contribution in [3.8, 4) is 129 Å². The van der Waals surface area contributed by atoms with Crippen LogP contribution in [0.5, 0.6) is 0 Å². The van der Waals surface area contributed by atoms with Crippen LogP contribution in [0, 0.1) is 0 Å². The zero-order chi connectivity index (χ0) is 69.6. The molecule has 0 saturated heterocycles. The highest BCUT2D eigenvalue weighted by Crippen LogP contribution is 2.62. The first-order valence-electron chi connectivity index (χ1n) is 36.1. The van der Waals surface area contributed by atoms with Gasteiger partial charge in [-0.25, -0.2) is 19.9 Å². The summed E-state index contributed by atoms with van der Waals surface area (Å²) >= 11 is 3.63. The lowest BCUT2D eigenvalue weighted by Crippen LogP contribution is -2.33. The van der Waals surface area contributed by atoms with E-state index in [1.807, 2.05) is 11.3 Å². The lowest BCUT2D eigenvalue weighted by Gasteiger charge is -2.39. The van der Waals surface area contributed by atoms with Crippen molar-refractivity contribution >= 4 is 84.8 Å². The van der Waals surface area contributed by atoms with Gasteiger partial charge in [0.25, 0.3) is 0 Å². The van der Waals surface area contributed by atoms with Crippen molar-refractivity contribution in [2.75, 3.05) is 0 Å². The van der Waals surface area contributed by atoms with Gasteiger partial charge in [-0.15, -0.1) is 22.7 Å². The maximum atomic E-state index is 5.60. The fraction of sp³-hybridized carbons (Fsp3) is 0.0101. The Morgan fingerprint density at radius 1 is 0.226 bits per heavy atom. The smallest absolute Gasteiger partial charge is 0.161 e. The molecule has 0 radical (unpaired) electrons. The number of hydrogen-bond donors (Lipinski definition) is 0. The predicted octanol–water partition coefficient (Wildman–Crippen LogP) is 26.4. The largest absolute Gasteiger partial charge is 0.309 e. The Morgan fingerprint density at radius 2 is 0.660 bits per heavy atom. The Bertz CT molecular complexity index is 6890. The van der Waals surface area contributed by atoms with Crippen LogP contribution in [0.3, 0.4) is 0 Å². The first kappa shape index (κ1) is 60.3. The Morgan fingerprint density at radius 3 is 1.36 bits per heavy atom. The molecule has 492 valence electrons. The summed E-state index contributed by atoms with van der Waals surface area (Å²) in [5, 5.41) is 7.34. The molecular weight excluding hydrogens is 1320 g/mol. The molecule has 1 spiro atoms. The van der Waals surface area contributed by atoms with Crippen LogP contribution in [0.1, 0.15) is 22.3 Å². The van der Waals surface area contributed by atoms with E-state index in [0.29, 0.717) is 11.6 Å². The molecule has 0 atom stereocenters. The molecule has 5 nitrogen and oxygen atoms in total. The molecule has 0 saturated carbocycles. The van der Waals surface area contributed by atoms with Crippen LogP contribution in [-0.4, -0.2) is 24.5 Å². The fourth-order valence-electron chi connectivity index (χ4n) is 17.2. The molecule has 0 amide bonds. The Kier molecular flexibility index (Phi) is 13.6. The van der Waals surface area contributed by atoms with Gasteiger partial charge in [-0.3, -0.25) is 0 Å². The summed E-state index contributed by atoms with van der Waals surface area (Å²) in [7, 11) is 0. The van der Waals surface area contributed by atoms with Gasteiger partial charge in [0.2, 0.25) is 0 Å². The van der Waals surface area contributed by atoms with E-state index in [4.69, 9.17) is 19.9 Å². The molecule has 0 bridgehead atoms. The van der Waals surface area contributed by atoms with Crippen molar-refractivity contribution < 1.29 is 0 Å². The molecule has 6 heterocycles. The Labute approximate surface area is 619 Å². The van der Waals surface area contributed by atoms with Gasteiger partial charge in [-0.05, 0) is 157 Å². The normalized spacial score (nSPS) is 12.6. The van der Waals surface area contributed by atoms with Crippen LogP contribution in [0.4, 0.5) is 0 Å². The zero-order valence-corrected chi connectivity index (χ0v) is 58.7. The second-order valence-electron chi connectivity index (χ2n) is 27.9. The number of para-hydroxylation sites is 2. The summed E-state index contributed by atoms with van der Waals surface area (Å²) in [5.41, 5.74) is 29.6. The third-order valence-corrected chi connectivity index (χ3v) is 24.5. The molecule has 22 rings (SSSR count). The number of thiophene rings is 2. The number of rotatable bonds is 10. The van der Waals surface area contributed by atoms with Crippen molar-refractivity contribution in [1.29, 1.82) is 0 Å². The summed E-state index contributed by atoms with van der Waals surface area (Å²) in [4.78, 5) is 21.9. The lowest BCUT2D eigenvalue weighted by molar-refractivity contribution is 0.749. The van der Waals surface area contributed by atoms with E-state index < -0.39 is 5.41 Å². The van der Waals surface area contributed by atoms with Crippen LogP contribution >= 0.6 is 22.7 Å². The third kappa shape index (κ3) is 9.40. The van der Waals surface area contributed by atoms with Crippen molar-refractivity contribution in [1.82, 2.24) is 24.5 Å². The topological polar surface area (TPSA) is 56.5 Å². The number of hydrogen-bond acceptors (Lipinski definition) is 6. The van der Waals surface area contributed by atoms with Gasteiger partial charge in [0.1, 0.15) is 0 Å². The van der Waals surface area contributed by atoms with Gasteiger partial charge in [-0.1, -0.05) is 279 Å². The standard InChI is InChI=1S/C99H59N5S2/c1-4-22-60(23-5-1)68-52-69(61-24-6-2-7-25-61)54-71(53-68)88-59-89(103-98(102-88)79-35-21-32-76-75-31-13-19-41-92(75)105-96(76)79)78-34-20-33-77-80-55-67(50-51-93(80)106-95(77)78)62-42-46-65(47-43-62)87-58-86(64-26-8-3-9-27-64)100-97(101-87)66-48-44-63(45-49-66)70-56-81-74-30-12-17-39-90(74)104-91-40-18-16-38-84(91)99(85(57-70)94(81)104)82-36-14-10-28-72(82)73-29-11-15-37-83(73)99/h1-59H. The lowest BCUT2D eigenvalue weighted by atomic mass is 9.65. The third-order valence-electron chi connectivity index (χ3n) is 22.0. The highest BCUT2D eigenvalue weighted by atomic mass is 32.1. The Balaban J connectivity index is 0.627. The summed E-state index contributed by atoms with van der Waals surface area (Å²) in [6, 6.07) is 131.